The minimum Gasteiger partial charge on any atom is -0.309 e. The van der Waals surface area contributed by atoms with Gasteiger partial charge in [-0.05, 0) is 30.0 Å². The first kappa shape index (κ1) is 17.8. The fourth-order valence-corrected chi connectivity index (χ4v) is 5.12. The van der Waals surface area contributed by atoms with E-state index in [1.807, 2.05) is 6.92 Å². The zero-order chi connectivity index (χ0) is 17.9. The number of unbranched alkanes of at least 4 members (excludes halogenated alkanes) is 1. The van der Waals surface area contributed by atoms with Gasteiger partial charge in [0.05, 0.1) is 17.4 Å². The number of aromatic nitrogens is 2. The summed E-state index contributed by atoms with van der Waals surface area (Å²) in [7, 11) is -3.60. The Morgan fingerprint density at radius 3 is 2.72 bits per heavy atom. The Morgan fingerprint density at radius 1 is 1.20 bits per heavy atom. The van der Waals surface area contributed by atoms with Crippen LogP contribution in [-0.4, -0.2) is 29.2 Å². The minimum atomic E-state index is -3.60. The molecule has 1 aromatic carbocycles. The molecule has 0 unspecified atom stereocenters. The molecule has 0 aliphatic heterocycles. The van der Waals surface area contributed by atoms with Crippen LogP contribution >= 0.6 is 11.3 Å². The first-order valence-electron chi connectivity index (χ1n) is 8.04. The maximum atomic E-state index is 12.9. The van der Waals surface area contributed by atoms with E-state index in [-0.39, 0.29) is 12.1 Å². The third-order valence-electron chi connectivity index (χ3n) is 3.84. The quantitative estimate of drug-likeness (QED) is 0.686. The number of nitrogens with one attached hydrogen (secondary N) is 1. The van der Waals surface area contributed by atoms with Gasteiger partial charge in [-0.25, -0.2) is 13.4 Å². The molecule has 6 nitrogen and oxygen atoms in total. The molecule has 0 fully saturated rings. The second-order valence-electron chi connectivity index (χ2n) is 5.65. The van der Waals surface area contributed by atoms with Gasteiger partial charge in [-0.3, -0.25) is 4.79 Å². The van der Waals surface area contributed by atoms with E-state index in [4.69, 9.17) is 0 Å². The van der Waals surface area contributed by atoms with E-state index in [1.165, 1.54) is 15.6 Å². The van der Waals surface area contributed by atoms with E-state index >= 15 is 0 Å². The van der Waals surface area contributed by atoms with Crippen molar-refractivity contribution < 1.29 is 8.42 Å². The lowest BCUT2D eigenvalue weighted by Crippen LogP contribution is -2.32. The van der Waals surface area contributed by atoms with Crippen LogP contribution in [0, 0.1) is 0 Å². The lowest BCUT2D eigenvalue weighted by Gasteiger charge is -2.20. The van der Waals surface area contributed by atoms with Crippen LogP contribution in [0.2, 0.25) is 0 Å². The molecule has 2 aromatic heterocycles. The van der Waals surface area contributed by atoms with Crippen LogP contribution in [-0.2, 0) is 16.6 Å². The van der Waals surface area contributed by atoms with Gasteiger partial charge in [0.2, 0.25) is 0 Å². The van der Waals surface area contributed by atoms with Crippen LogP contribution in [0.3, 0.4) is 0 Å². The Hall–Kier alpha value is -2.03. The summed E-state index contributed by atoms with van der Waals surface area (Å²) < 4.78 is 27.4. The summed E-state index contributed by atoms with van der Waals surface area (Å²) >= 11 is 1.19. The van der Waals surface area contributed by atoms with Crippen LogP contribution in [0.5, 0.6) is 0 Å². The third-order valence-corrected chi connectivity index (χ3v) is 7.06. The molecule has 8 heteroatoms. The van der Waals surface area contributed by atoms with Crippen molar-refractivity contribution in [3.05, 3.63) is 58.0 Å². The minimum absolute atomic E-state index is 0.0420. The van der Waals surface area contributed by atoms with Gasteiger partial charge in [-0.1, -0.05) is 31.5 Å². The Bertz CT molecular complexity index is 1010. The van der Waals surface area contributed by atoms with Crippen molar-refractivity contribution in [2.24, 2.45) is 0 Å². The molecule has 25 heavy (non-hydrogen) atoms. The number of nitrogens with zero attached hydrogens (tertiary/aromatic N) is 2. The van der Waals surface area contributed by atoms with Gasteiger partial charge in [0.15, 0.2) is 0 Å². The Labute approximate surface area is 150 Å². The summed E-state index contributed by atoms with van der Waals surface area (Å²) in [5.41, 5.74) is 0.301. The number of benzene rings is 1. The molecule has 0 aliphatic rings. The summed E-state index contributed by atoms with van der Waals surface area (Å²) in [5.74, 6) is 0.347. The van der Waals surface area contributed by atoms with Gasteiger partial charge in [0.1, 0.15) is 10.0 Å². The topological polar surface area (TPSA) is 83.1 Å². The number of hydrogen-bond donors (Lipinski definition) is 1. The number of sulfonamides is 1. The lowest BCUT2D eigenvalue weighted by atomic mass is 10.2. The smallest absolute Gasteiger partial charge is 0.258 e. The number of fused-ring (bicyclic) bond motifs is 1. The van der Waals surface area contributed by atoms with Crippen molar-refractivity contribution in [2.45, 2.75) is 30.5 Å². The van der Waals surface area contributed by atoms with Gasteiger partial charge in [0, 0.05) is 6.54 Å². The standard InChI is InChI=1S/C17H19N3O3S2/c1-2-3-10-20(25(22,23)16-9-6-11-24-16)12-15-18-14-8-5-4-7-13(14)17(21)19-15/h4-9,11H,2-3,10,12H2,1H3,(H,18,19,21). The van der Waals surface area contributed by atoms with Crippen molar-refractivity contribution in [3.8, 4) is 0 Å². The van der Waals surface area contributed by atoms with E-state index < -0.39 is 10.0 Å². The lowest BCUT2D eigenvalue weighted by molar-refractivity contribution is 0.390. The van der Waals surface area contributed by atoms with Crippen molar-refractivity contribution >= 4 is 32.3 Å². The number of H-pyrrole nitrogens is 1. The number of aromatic amines is 1. The maximum absolute atomic E-state index is 12.9. The third kappa shape index (κ3) is 3.81. The van der Waals surface area contributed by atoms with Crippen LogP contribution in [0.25, 0.3) is 10.9 Å². The molecule has 1 N–H and O–H groups in total. The predicted molar refractivity (Wildman–Crippen MR) is 99.2 cm³/mol. The maximum Gasteiger partial charge on any atom is 0.258 e. The highest BCUT2D eigenvalue weighted by Gasteiger charge is 2.26. The number of hydrogen-bond acceptors (Lipinski definition) is 5. The molecule has 3 aromatic rings. The zero-order valence-corrected chi connectivity index (χ0v) is 15.4. The number of thiophene rings is 1. The van der Waals surface area contributed by atoms with Crippen molar-refractivity contribution in [3.63, 3.8) is 0 Å². The van der Waals surface area contributed by atoms with Crippen LogP contribution < -0.4 is 5.56 Å². The molecule has 3 rings (SSSR count). The molecule has 132 valence electrons. The molecule has 0 aliphatic carbocycles. The second kappa shape index (κ2) is 7.47. The van der Waals surface area contributed by atoms with E-state index in [9.17, 15) is 13.2 Å². The number of para-hydroxylation sites is 1. The molecular formula is C17H19N3O3S2. The highest BCUT2D eigenvalue weighted by atomic mass is 32.2. The molecule has 0 radical (unpaired) electrons. The zero-order valence-electron chi connectivity index (χ0n) is 13.8. The Balaban J connectivity index is 1.97. The predicted octanol–water partition coefficient (Wildman–Crippen LogP) is 2.98. The molecule has 0 saturated carbocycles. The molecule has 2 heterocycles. The van der Waals surface area contributed by atoms with Gasteiger partial charge in [-0.15, -0.1) is 11.3 Å². The average molecular weight is 377 g/mol. The van der Waals surface area contributed by atoms with Crippen LogP contribution in [0.15, 0.2) is 50.8 Å². The van der Waals surface area contributed by atoms with Crippen LogP contribution in [0.1, 0.15) is 25.6 Å². The molecule has 0 saturated heterocycles. The highest BCUT2D eigenvalue weighted by Crippen LogP contribution is 2.22. The summed E-state index contributed by atoms with van der Waals surface area (Å²) in [6, 6.07) is 10.3. The molecular weight excluding hydrogens is 358 g/mol. The SMILES string of the molecule is CCCCN(Cc1nc2ccccc2c(=O)[nH]1)S(=O)(=O)c1cccs1. The Morgan fingerprint density at radius 2 is 2.00 bits per heavy atom. The highest BCUT2D eigenvalue weighted by molar-refractivity contribution is 7.91. The van der Waals surface area contributed by atoms with E-state index in [1.54, 1.807) is 41.8 Å². The summed E-state index contributed by atoms with van der Waals surface area (Å²) in [4.78, 5) is 19.3. The van der Waals surface area contributed by atoms with Gasteiger partial charge in [-0.2, -0.15) is 4.31 Å². The fourth-order valence-electron chi connectivity index (χ4n) is 2.53. The van der Waals surface area contributed by atoms with Crippen molar-refractivity contribution in [2.75, 3.05) is 6.54 Å². The van der Waals surface area contributed by atoms with E-state index in [2.05, 4.69) is 9.97 Å². The summed E-state index contributed by atoms with van der Waals surface area (Å²) in [5, 5.41) is 2.23. The van der Waals surface area contributed by atoms with E-state index in [0.29, 0.717) is 27.5 Å². The monoisotopic (exact) mass is 377 g/mol. The molecule has 0 bridgehead atoms. The van der Waals surface area contributed by atoms with Crippen molar-refractivity contribution in [1.82, 2.24) is 14.3 Å². The normalized spacial score (nSPS) is 12.1. The summed E-state index contributed by atoms with van der Waals surface area (Å²) in [6.07, 6.45) is 1.61. The Kier molecular flexibility index (Phi) is 5.31. The van der Waals surface area contributed by atoms with Crippen molar-refractivity contribution in [1.29, 1.82) is 0 Å². The van der Waals surface area contributed by atoms with Gasteiger partial charge >= 0.3 is 0 Å². The fraction of sp³-hybridized carbons (Fsp3) is 0.294. The first-order chi connectivity index (χ1) is 12.0. The first-order valence-corrected chi connectivity index (χ1v) is 10.4. The molecule has 0 amide bonds. The molecule has 0 atom stereocenters. The number of rotatable bonds is 7. The molecule has 0 spiro atoms. The second-order valence-corrected chi connectivity index (χ2v) is 8.77. The van der Waals surface area contributed by atoms with Gasteiger partial charge in [0.25, 0.3) is 15.6 Å². The van der Waals surface area contributed by atoms with Gasteiger partial charge < -0.3 is 4.98 Å². The van der Waals surface area contributed by atoms with Crippen LogP contribution in [0.4, 0.5) is 0 Å². The summed E-state index contributed by atoms with van der Waals surface area (Å²) in [6.45, 7) is 2.43. The average Bonchev–Trinajstić information content (AvgIpc) is 3.14. The largest absolute Gasteiger partial charge is 0.309 e. The van der Waals surface area contributed by atoms with E-state index in [0.717, 1.165) is 12.8 Å².